The van der Waals surface area contributed by atoms with Gasteiger partial charge in [0.25, 0.3) is 0 Å². The highest BCUT2D eigenvalue weighted by Crippen LogP contribution is 2.35. The van der Waals surface area contributed by atoms with Gasteiger partial charge in [0.2, 0.25) is 5.91 Å². The van der Waals surface area contributed by atoms with E-state index in [9.17, 15) is 4.79 Å². The largest absolute Gasteiger partial charge is 0.495 e. The molecule has 19 heavy (non-hydrogen) atoms. The van der Waals surface area contributed by atoms with Crippen LogP contribution in [0.2, 0.25) is 0 Å². The van der Waals surface area contributed by atoms with Crippen LogP contribution in [0.25, 0.3) is 10.4 Å². The summed E-state index contributed by atoms with van der Waals surface area (Å²) in [6.07, 6.45) is 0.413. The van der Waals surface area contributed by atoms with Crippen LogP contribution in [0.4, 0.5) is 5.69 Å². The van der Waals surface area contributed by atoms with Crippen LogP contribution in [-0.4, -0.2) is 26.1 Å². The first-order chi connectivity index (χ1) is 9.17. The summed E-state index contributed by atoms with van der Waals surface area (Å²) in [5.41, 5.74) is 10.2. The summed E-state index contributed by atoms with van der Waals surface area (Å²) < 4.78 is 5.33. The fourth-order valence-corrected chi connectivity index (χ4v) is 2.41. The molecule has 1 heterocycles. The normalized spacial score (nSPS) is 18.3. The first-order valence-corrected chi connectivity index (χ1v) is 6.12. The summed E-state index contributed by atoms with van der Waals surface area (Å²) in [6.45, 7) is 2.87. The van der Waals surface area contributed by atoms with E-state index >= 15 is 0 Å². The second-order valence-corrected chi connectivity index (χ2v) is 4.61. The molecule has 1 aliphatic rings. The second kappa shape index (κ2) is 5.63. The molecule has 100 valence electrons. The summed E-state index contributed by atoms with van der Waals surface area (Å²) in [4.78, 5) is 16.6. The number of hydrogen-bond donors (Lipinski definition) is 0. The van der Waals surface area contributed by atoms with Crippen LogP contribution in [0.5, 0.6) is 5.75 Å². The Hall–Kier alpha value is -2.20. The molecule has 1 saturated heterocycles. The highest BCUT2D eigenvalue weighted by molar-refractivity contribution is 5.98. The molecule has 6 nitrogen and oxygen atoms in total. The predicted octanol–water partition coefficient (Wildman–Crippen LogP) is 2.67. The number of azide groups is 1. The van der Waals surface area contributed by atoms with Crippen molar-refractivity contribution in [3.05, 3.63) is 34.2 Å². The van der Waals surface area contributed by atoms with Gasteiger partial charge < -0.3 is 9.64 Å². The molecule has 0 bridgehead atoms. The topological polar surface area (TPSA) is 78.3 Å². The molecule has 0 aromatic heterocycles. The van der Waals surface area contributed by atoms with E-state index in [2.05, 4.69) is 10.0 Å². The molecule has 0 N–H and O–H groups in total. The summed E-state index contributed by atoms with van der Waals surface area (Å²) >= 11 is 0. The Kier molecular flexibility index (Phi) is 3.92. The molecule has 0 aliphatic carbocycles. The standard InChI is InChI=1S/C13H16N4O2/c1-9-4-3-5-11(19-2)13(9)17-8-10(6-12(17)18)7-15-16-14/h3-5,10H,6-8H2,1-2H3. The zero-order valence-corrected chi connectivity index (χ0v) is 11.0. The summed E-state index contributed by atoms with van der Waals surface area (Å²) in [7, 11) is 1.59. The second-order valence-electron chi connectivity index (χ2n) is 4.61. The fourth-order valence-electron chi connectivity index (χ4n) is 2.41. The minimum atomic E-state index is 0.0470. The molecule has 1 amide bonds. The lowest BCUT2D eigenvalue weighted by molar-refractivity contribution is -0.117. The number of methoxy groups -OCH3 is 1. The van der Waals surface area contributed by atoms with Crippen LogP contribution < -0.4 is 9.64 Å². The number of amides is 1. The molecule has 0 radical (unpaired) electrons. The van der Waals surface area contributed by atoms with Gasteiger partial charge in [-0.15, -0.1) is 0 Å². The van der Waals surface area contributed by atoms with Gasteiger partial charge in [-0.05, 0) is 30.0 Å². The molecule has 1 aromatic rings. The zero-order valence-electron chi connectivity index (χ0n) is 11.0. The average molecular weight is 260 g/mol. The quantitative estimate of drug-likeness (QED) is 0.474. The van der Waals surface area contributed by atoms with E-state index in [1.165, 1.54) is 0 Å². The van der Waals surface area contributed by atoms with Gasteiger partial charge in [-0.2, -0.15) is 0 Å². The van der Waals surface area contributed by atoms with E-state index in [1.54, 1.807) is 12.0 Å². The van der Waals surface area contributed by atoms with Crippen molar-refractivity contribution < 1.29 is 9.53 Å². The van der Waals surface area contributed by atoms with Gasteiger partial charge in [0, 0.05) is 24.4 Å². The molecule has 1 aromatic carbocycles. The average Bonchev–Trinajstić information content (AvgIpc) is 2.77. The number of anilines is 1. The lowest BCUT2D eigenvalue weighted by Gasteiger charge is -2.21. The van der Waals surface area contributed by atoms with Crippen molar-refractivity contribution in [2.75, 3.05) is 25.1 Å². The SMILES string of the molecule is COc1cccc(C)c1N1CC(CN=[N+]=[N-])CC1=O. The van der Waals surface area contributed by atoms with Gasteiger partial charge >= 0.3 is 0 Å². The minimum absolute atomic E-state index is 0.0470. The van der Waals surface area contributed by atoms with Crippen molar-refractivity contribution in [2.45, 2.75) is 13.3 Å². The number of aryl methyl sites for hydroxylation is 1. The number of benzene rings is 1. The monoisotopic (exact) mass is 260 g/mol. The predicted molar refractivity (Wildman–Crippen MR) is 72.2 cm³/mol. The smallest absolute Gasteiger partial charge is 0.227 e. The van der Waals surface area contributed by atoms with E-state index in [-0.39, 0.29) is 11.8 Å². The van der Waals surface area contributed by atoms with Crippen LogP contribution in [0.1, 0.15) is 12.0 Å². The third kappa shape index (κ3) is 2.63. The van der Waals surface area contributed by atoms with E-state index in [1.807, 2.05) is 25.1 Å². The number of para-hydroxylation sites is 1. The molecule has 6 heteroatoms. The Morgan fingerprint density at radius 3 is 3.05 bits per heavy atom. The molecule has 0 spiro atoms. The van der Waals surface area contributed by atoms with Crippen LogP contribution in [0, 0.1) is 12.8 Å². The van der Waals surface area contributed by atoms with Gasteiger partial charge in [0.1, 0.15) is 5.75 Å². The molecule has 0 saturated carbocycles. The Morgan fingerprint density at radius 2 is 2.37 bits per heavy atom. The Labute approximate surface area is 111 Å². The van der Waals surface area contributed by atoms with Crippen molar-refractivity contribution >= 4 is 11.6 Å². The molecule has 2 rings (SSSR count). The van der Waals surface area contributed by atoms with Crippen molar-refractivity contribution in [3.63, 3.8) is 0 Å². The number of hydrogen-bond acceptors (Lipinski definition) is 3. The van der Waals surface area contributed by atoms with Gasteiger partial charge in [0.15, 0.2) is 0 Å². The Balaban J connectivity index is 2.27. The third-order valence-corrected chi connectivity index (χ3v) is 3.30. The first kappa shape index (κ1) is 13.2. The lowest BCUT2D eigenvalue weighted by atomic mass is 10.1. The number of carbonyl (C=O) groups excluding carboxylic acids is 1. The van der Waals surface area contributed by atoms with Crippen molar-refractivity contribution in [1.29, 1.82) is 0 Å². The Bertz CT molecular complexity index is 537. The zero-order chi connectivity index (χ0) is 13.8. The van der Waals surface area contributed by atoms with Crippen LogP contribution in [0.15, 0.2) is 23.3 Å². The maximum absolute atomic E-state index is 12.1. The van der Waals surface area contributed by atoms with Crippen LogP contribution >= 0.6 is 0 Å². The number of ether oxygens (including phenoxy) is 1. The van der Waals surface area contributed by atoms with E-state index < -0.39 is 0 Å². The summed E-state index contributed by atoms with van der Waals surface area (Å²) in [5.74, 6) is 0.816. The van der Waals surface area contributed by atoms with Crippen molar-refractivity contribution in [3.8, 4) is 5.75 Å². The maximum atomic E-state index is 12.1. The van der Waals surface area contributed by atoms with Gasteiger partial charge in [0.05, 0.1) is 12.8 Å². The van der Waals surface area contributed by atoms with E-state index in [0.717, 1.165) is 11.3 Å². The number of rotatable bonds is 4. The highest BCUT2D eigenvalue weighted by Gasteiger charge is 2.32. The third-order valence-electron chi connectivity index (χ3n) is 3.30. The molecule has 1 aliphatic heterocycles. The fraction of sp³-hybridized carbons (Fsp3) is 0.462. The highest BCUT2D eigenvalue weighted by atomic mass is 16.5. The molecule has 1 atom stereocenters. The molecule has 1 unspecified atom stereocenters. The molecule has 1 fully saturated rings. The molecular weight excluding hydrogens is 244 g/mol. The van der Waals surface area contributed by atoms with E-state index in [0.29, 0.717) is 25.3 Å². The van der Waals surface area contributed by atoms with Crippen LogP contribution in [-0.2, 0) is 4.79 Å². The lowest BCUT2D eigenvalue weighted by Crippen LogP contribution is -2.26. The van der Waals surface area contributed by atoms with E-state index in [4.69, 9.17) is 10.3 Å². The number of carbonyl (C=O) groups is 1. The number of nitrogens with zero attached hydrogens (tertiary/aromatic N) is 4. The van der Waals surface area contributed by atoms with Crippen LogP contribution in [0.3, 0.4) is 0 Å². The van der Waals surface area contributed by atoms with Gasteiger partial charge in [-0.1, -0.05) is 17.2 Å². The van der Waals surface area contributed by atoms with Crippen molar-refractivity contribution in [2.24, 2.45) is 11.0 Å². The molecular formula is C13H16N4O2. The Morgan fingerprint density at radius 1 is 1.58 bits per heavy atom. The minimum Gasteiger partial charge on any atom is -0.495 e. The summed E-state index contributed by atoms with van der Waals surface area (Å²) in [6, 6.07) is 5.69. The van der Waals surface area contributed by atoms with Gasteiger partial charge in [-0.25, -0.2) is 0 Å². The first-order valence-electron chi connectivity index (χ1n) is 6.12. The summed E-state index contributed by atoms with van der Waals surface area (Å²) in [5, 5.41) is 3.55. The van der Waals surface area contributed by atoms with Gasteiger partial charge in [-0.3, -0.25) is 4.79 Å². The van der Waals surface area contributed by atoms with Crippen molar-refractivity contribution in [1.82, 2.24) is 0 Å². The maximum Gasteiger partial charge on any atom is 0.227 e.